The average molecular weight is 362 g/mol. The molecule has 0 aliphatic carbocycles. The number of rotatable bonds is 6. The van der Waals surface area contributed by atoms with Crippen LogP contribution < -0.4 is 10.0 Å². The zero-order chi connectivity index (χ0) is 19.0. The van der Waals surface area contributed by atoms with Crippen LogP contribution in [0.2, 0.25) is 0 Å². The number of nitrogens with zero attached hydrogens (tertiary/aromatic N) is 2. The van der Waals surface area contributed by atoms with Crippen LogP contribution in [0.4, 0.5) is 17.1 Å². The van der Waals surface area contributed by atoms with Crippen LogP contribution in [0.25, 0.3) is 6.08 Å². The molecule has 0 saturated heterocycles. The average Bonchev–Trinajstić information content (AvgIpc) is 2.79. The van der Waals surface area contributed by atoms with E-state index in [-0.39, 0.29) is 0 Å². The SMILES string of the molecule is C(=CN(c1ccccc1)N(c1ccccc1)c1ccccc1)c1ccccc1. The highest BCUT2D eigenvalue weighted by molar-refractivity contribution is 5.72. The van der Waals surface area contributed by atoms with Crippen molar-refractivity contribution in [1.29, 1.82) is 0 Å². The lowest BCUT2D eigenvalue weighted by Crippen LogP contribution is -2.35. The molecule has 0 fully saturated rings. The van der Waals surface area contributed by atoms with E-state index in [1.54, 1.807) is 0 Å². The molecule has 0 radical (unpaired) electrons. The minimum Gasteiger partial charge on any atom is -0.256 e. The maximum atomic E-state index is 2.22. The van der Waals surface area contributed by atoms with Crippen LogP contribution in [-0.4, -0.2) is 0 Å². The van der Waals surface area contributed by atoms with Crippen molar-refractivity contribution in [3.63, 3.8) is 0 Å². The zero-order valence-corrected chi connectivity index (χ0v) is 15.6. The van der Waals surface area contributed by atoms with E-state index in [4.69, 9.17) is 0 Å². The molecule has 0 heterocycles. The monoisotopic (exact) mass is 362 g/mol. The fraction of sp³-hybridized carbons (Fsp3) is 0. The van der Waals surface area contributed by atoms with Gasteiger partial charge in [0.05, 0.1) is 17.1 Å². The maximum absolute atomic E-state index is 2.22. The largest absolute Gasteiger partial charge is 0.256 e. The van der Waals surface area contributed by atoms with E-state index in [9.17, 15) is 0 Å². The molecule has 0 amide bonds. The van der Waals surface area contributed by atoms with Crippen LogP contribution in [0.5, 0.6) is 0 Å². The molecule has 0 bridgehead atoms. The zero-order valence-electron chi connectivity index (χ0n) is 15.6. The van der Waals surface area contributed by atoms with Crippen molar-refractivity contribution >= 4 is 23.1 Å². The molecule has 0 aliphatic heterocycles. The van der Waals surface area contributed by atoms with Crippen LogP contribution >= 0.6 is 0 Å². The van der Waals surface area contributed by atoms with E-state index < -0.39 is 0 Å². The second-order valence-electron chi connectivity index (χ2n) is 6.39. The predicted octanol–water partition coefficient (Wildman–Crippen LogP) is 6.92. The van der Waals surface area contributed by atoms with Crippen molar-refractivity contribution in [3.8, 4) is 0 Å². The highest BCUT2D eigenvalue weighted by Crippen LogP contribution is 2.31. The summed E-state index contributed by atoms with van der Waals surface area (Å²) in [5, 5.41) is 4.40. The molecule has 4 aromatic carbocycles. The highest BCUT2D eigenvalue weighted by Gasteiger charge is 2.17. The van der Waals surface area contributed by atoms with E-state index >= 15 is 0 Å². The Morgan fingerprint density at radius 1 is 0.429 bits per heavy atom. The summed E-state index contributed by atoms with van der Waals surface area (Å²) in [4.78, 5) is 0. The van der Waals surface area contributed by atoms with Gasteiger partial charge in [0.2, 0.25) is 0 Å². The maximum Gasteiger partial charge on any atom is 0.0636 e. The van der Waals surface area contributed by atoms with Crippen LogP contribution in [0, 0.1) is 0 Å². The van der Waals surface area contributed by atoms with Crippen LogP contribution in [0.15, 0.2) is 128 Å². The number of benzene rings is 4. The third kappa shape index (κ3) is 4.13. The molecule has 0 atom stereocenters. The molecule has 0 aromatic heterocycles. The van der Waals surface area contributed by atoms with E-state index in [1.165, 1.54) is 0 Å². The molecule has 2 heteroatoms. The Hall–Kier alpha value is -3.78. The highest BCUT2D eigenvalue weighted by atomic mass is 15.6. The number of hydrogen-bond donors (Lipinski definition) is 0. The summed E-state index contributed by atoms with van der Waals surface area (Å²) in [5.41, 5.74) is 4.43. The predicted molar refractivity (Wildman–Crippen MR) is 119 cm³/mol. The van der Waals surface area contributed by atoms with Crippen molar-refractivity contribution < 1.29 is 0 Å². The quantitative estimate of drug-likeness (QED) is 0.344. The summed E-state index contributed by atoms with van der Waals surface area (Å²) in [6, 6.07) is 41.6. The second-order valence-corrected chi connectivity index (χ2v) is 6.39. The van der Waals surface area contributed by atoms with Crippen molar-refractivity contribution in [3.05, 3.63) is 133 Å². The molecule has 4 aromatic rings. The van der Waals surface area contributed by atoms with Gasteiger partial charge in [-0.05, 0) is 48.0 Å². The fourth-order valence-corrected chi connectivity index (χ4v) is 3.11. The summed E-state index contributed by atoms with van der Waals surface area (Å²) in [6.07, 6.45) is 4.25. The molecular formula is C26H22N2. The van der Waals surface area contributed by atoms with Gasteiger partial charge in [0.15, 0.2) is 0 Å². The topological polar surface area (TPSA) is 6.48 Å². The third-order valence-electron chi connectivity index (χ3n) is 4.45. The molecule has 0 aliphatic rings. The van der Waals surface area contributed by atoms with Gasteiger partial charge in [-0.15, -0.1) is 0 Å². The number of hydrazine groups is 1. The van der Waals surface area contributed by atoms with Gasteiger partial charge in [-0.2, -0.15) is 0 Å². The third-order valence-corrected chi connectivity index (χ3v) is 4.45. The smallest absolute Gasteiger partial charge is 0.0636 e. The van der Waals surface area contributed by atoms with Crippen LogP contribution in [-0.2, 0) is 0 Å². The van der Waals surface area contributed by atoms with E-state index in [0.717, 1.165) is 22.6 Å². The Kier molecular flexibility index (Phi) is 5.50. The van der Waals surface area contributed by atoms with E-state index in [2.05, 4.69) is 119 Å². The molecule has 0 unspecified atom stereocenters. The molecule has 0 N–H and O–H groups in total. The minimum atomic E-state index is 1.09. The molecular weight excluding hydrogens is 340 g/mol. The number of hydrogen-bond acceptors (Lipinski definition) is 2. The van der Waals surface area contributed by atoms with Gasteiger partial charge >= 0.3 is 0 Å². The summed E-state index contributed by atoms with van der Waals surface area (Å²) in [7, 11) is 0. The molecule has 0 saturated carbocycles. The van der Waals surface area contributed by atoms with Crippen molar-refractivity contribution in [2.24, 2.45) is 0 Å². The first-order valence-electron chi connectivity index (χ1n) is 9.39. The van der Waals surface area contributed by atoms with Crippen molar-refractivity contribution in [1.82, 2.24) is 0 Å². The normalized spacial score (nSPS) is 10.7. The van der Waals surface area contributed by atoms with Gasteiger partial charge in [0.25, 0.3) is 0 Å². The molecule has 0 spiro atoms. The summed E-state index contributed by atoms with van der Waals surface area (Å²) in [5.74, 6) is 0. The summed E-state index contributed by atoms with van der Waals surface area (Å²) < 4.78 is 0. The van der Waals surface area contributed by atoms with Gasteiger partial charge in [0.1, 0.15) is 0 Å². The van der Waals surface area contributed by atoms with Gasteiger partial charge in [-0.3, -0.25) is 5.01 Å². The Balaban J connectivity index is 1.83. The fourth-order valence-electron chi connectivity index (χ4n) is 3.11. The number of para-hydroxylation sites is 3. The Morgan fingerprint density at radius 3 is 1.29 bits per heavy atom. The van der Waals surface area contributed by atoms with Gasteiger partial charge in [0, 0.05) is 6.20 Å². The Bertz CT molecular complexity index is 958. The van der Waals surface area contributed by atoms with Crippen molar-refractivity contribution in [2.75, 3.05) is 10.0 Å². The van der Waals surface area contributed by atoms with Crippen LogP contribution in [0.1, 0.15) is 5.56 Å². The first-order valence-corrected chi connectivity index (χ1v) is 9.39. The second kappa shape index (κ2) is 8.74. The van der Waals surface area contributed by atoms with E-state index in [0.29, 0.717) is 0 Å². The Morgan fingerprint density at radius 2 is 0.821 bits per heavy atom. The number of anilines is 3. The minimum absolute atomic E-state index is 1.09. The van der Waals surface area contributed by atoms with Gasteiger partial charge < -0.3 is 0 Å². The lowest BCUT2D eigenvalue weighted by atomic mass is 10.2. The first-order chi connectivity index (χ1) is 13.9. The van der Waals surface area contributed by atoms with Crippen LogP contribution in [0.3, 0.4) is 0 Å². The summed E-state index contributed by atoms with van der Waals surface area (Å²) >= 11 is 0. The Labute approximate surface area is 166 Å². The molecule has 28 heavy (non-hydrogen) atoms. The first kappa shape index (κ1) is 17.6. The molecule has 2 nitrogen and oxygen atoms in total. The van der Waals surface area contributed by atoms with Crippen molar-refractivity contribution in [2.45, 2.75) is 0 Å². The summed E-state index contributed by atoms with van der Waals surface area (Å²) in [6.45, 7) is 0. The van der Waals surface area contributed by atoms with Gasteiger partial charge in [-0.1, -0.05) is 84.9 Å². The molecule has 4 rings (SSSR count). The lowest BCUT2D eigenvalue weighted by Gasteiger charge is -2.36. The molecule has 136 valence electrons. The standard InChI is InChI=1S/C26H22N2/c1-5-13-23(14-6-1)21-22-27(24-15-7-2-8-16-24)28(25-17-9-3-10-18-25)26-19-11-4-12-20-26/h1-22H. The van der Waals surface area contributed by atoms with Gasteiger partial charge in [-0.25, -0.2) is 5.01 Å². The lowest BCUT2D eigenvalue weighted by molar-refractivity contribution is 0.986. The van der Waals surface area contributed by atoms with E-state index in [1.807, 2.05) is 24.3 Å².